The van der Waals surface area contributed by atoms with Crippen LogP contribution >= 0.6 is 11.8 Å². The van der Waals surface area contributed by atoms with Crippen molar-refractivity contribution in [1.82, 2.24) is 0 Å². The van der Waals surface area contributed by atoms with Gasteiger partial charge < -0.3 is 4.74 Å². The summed E-state index contributed by atoms with van der Waals surface area (Å²) in [6, 6.07) is -0.727. The van der Waals surface area contributed by atoms with E-state index in [1.165, 1.54) is 18.9 Å². The maximum atomic E-state index is 11.0. The van der Waals surface area contributed by atoms with Crippen molar-refractivity contribution in [3.05, 3.63) is 10.4 Å². The fourth-order valence-corrected chi connectivity index (χ4v) is 1.06. The molecule has 68 valence electrons. The first-order chi connectivity index (χ1) is 5.67. The zero-order valence-corrected chi connectivity index (χ0v) is 8.04. The standard InChI is InChI=1S/C6H11N3O2S/c1-4(12-3)5(8-9-7)6(10)11-2/h4-5H,1-3H3. The van der Waals surface area contributed by atoms with Crippen LogP contribution in [0.3, 0.4) is 0 Å². The van der Waals surface area contributed by atoms with E-state index in [0.29, 0.717) is 0 Å². The van der Waals surface area contributed by atoms with Gasteiger partial charge in [-0.2, -0.15) is 11.8 Å². The number of methoxy groups -OCH3 is 1. The third-order valence-corrected chi connectivity index (χ3v) is 2.44. The molecule has 0 spiro atoms. The van der Waals surface area contributed by atoms with Gasteiger partial charge in [-0.05, 0) is 11.8 Å². The number of rotatable bonds is 4. The molecule has 0 aliphatic rings. The summed E-state index contributed by atoms with van der Waals surface area (Å²) in [6.45, 7) is 1.81. The molecule has 6 heteroatoms. The van der Waals surface area contributed by atoms with E-state index in [1.807, 2.05) is 6.26 Å². The molecule has 0 aliphatic carbocycles. The molecule has 2 unspecified atom stereocenters. The number of carbonyl (C=O) groups excluding carboxylic acids is 1. The monoisotopic (exact) mass is 189 g/mol. The highest BCUT2D eigenvalue weighted by Crippen LogP contribution is 2.14. The molecule has 0 rings (SSSR count). The van der Waals surface area contributed by atoms with Crippen molar-refractivity contribution in [2.45, 2.75) is 18.2 Å². The summed E-state index contributed by atoms with van der Waals surface area (Å²) in [6.07, 6.45) is 1.84. The van der Waals surface area contributed by atoms with E-state index in [2.05, 4.69) is 14.8 Å². The zero-order chi connectivity index (χ0) is 9.56. The van der Waals surface area contributed by atoms with Crippen LogP contribution < -0.4 is 0 Å². The molecule has 0 bridgehead atoms. The third kappa shape index (κ3) is 3.02. The first-order valence-electron chi connectivity index (χ1n) is 3.32. The Balaban J connectivity index is 4.42. The van der Waals surface area contributed by atoms with E-state index >= 15 is 0 Å². The summed E-state index contributed by atoms with van der Waals surface area (Å²) >= 11 is 1.45. The summed E-state index contributed by atoms with van der Waals surface area (Å²) in [5, 5.41) is 3.29. The average Bonchev–Trinajstić information content (AvgIpc) is 2.11. The van der Waals surface area contributed by atoms with E-state index in [9.17, 15) is 4.79 Å². The van der Waals surface area contributed by atoms with E-state index in [4.69, 9.17) is 5.53 Å². The Kier molecular flexibility index (Phi) is 5.32. The molecule has 12 heavy (non-hydrogen) atoms. The van der Waals surface area contributed by atoms with Gasteiger partial charge in [0.05, 0.1) is 7.11 Å². The number of carbonyl (C=O) groups is 1. The van der Waals surface area contributed by atoms with Gasteiger partial charge in [-0.15, -0.1) is 0 Å². The molecular formula is C6H11N3O2S. The molecule has 0 heterocycles. The molecule has 0 N–H and O–H groups in total. The number of nitrogens with zero attached hydrogens (tertiary/aromatic N) is 3. The van der Waals surface area contributed by atoms with Crippen LogP contribution in [0, 0.1) is 0 Å². The van der Waals surface area contributed by atoms with Crippen LogP contribution in [0.1, 0.15) is 6.92 Å². The quantitative estimate of drug-likeness (QED) is 0.291. The highest BCUT2D eigenvalue weighted by molar-refractivity contribution is 7.99. The van der Waals surface area contributed by atoms with Crippen LogP contribution in [-0.4, -0.2) is 30.6 Å². The van der Waals surface area contributed by atoms with Crippen molar-refractivity contribution in [1.29, 1.82) is 0 Å². The summed E-state index contributed by atoms with van der Waals surface area (Å²) in [4.78, 5) is 13.6. The normalized spacial score (nSPS) is 14.2. The molecule has 0 fully saturated rings. The van der Waals surface area contributed by atoms with Gasteiger partial charge in [0.15, 0.2) is 0 Å². The molecule has 2 atom stereocenters. The minimum Gasteiger partial charge on any atom is -0.469 e. The van der Waals surface area contributed by atoms with Crippen molar-refractivity contribution >= 4 is 17.7 Å². The lowest BCUT2D eigenvalue weighted by molar-refractivity contribution is -0.142. The second-order valence-corrected chi connectivity index (χ2v) is 3.33. The van der Waals surface area contributed by atoms with Crippen LogP contribution in [0.2, 0.25) is 0 Å². The van der Waals surface area contributed by atoms with Crippen molar-refractivity contribution in [2.24, 2.45) is 5.11 Å². The number of esters is 1. The molecule has 5 nitrogen and oxygen atoms in total. The lowest BCUT2D eigenvalue weighted by atomic mass is 10.2. The van der Waals surface area contributed by atoms with Gasteiger partial charge in [0.2, 0.25) is 0 Å². The van der Waals surface area contributed by atoms with Crippen molar-refractivity contribution in [3.8, 4) is 0 Å². The van der Waals surface area contributed by atoms with Crippen LogP contribution in [0.5, 0.6) is 0 Å². The molecular weight excluding hydrogens is 178 g/mol. The highest BCUT2D eigenvalue weighted by Gasteiger charge is 2.23. The summed E-state index contributed by atoms with van der Waals surface area (Å²) in [7, 11) is 1.27. The highest BCUT2D eigenvalue weighted by atomic mass is 32.2. The maximum Gasteiger partial charge on any atom is 0.315 e. The minimum absolute atomic E-state index is 0.0617. The second-order valence-electron chi connectivity index (χ2n) is 2.11. The molecule has 0 aromatic heterocycles. The minimum atomic E-state index is -0.727. The van der Waals surface area contributed by atoms with Crippen LogP contribution in [0.25, 0.3) is 10.4 Å². The van der Waals surface area contributed by atoms with Gasteiger partial charge in [-0.3, -0.25) is 4.79 Å². The Hall–Kier alpha value is -0.870. The molecule has 0 amide bonds. The van der Waals surface area contributed by atoms with Gasteiger partial charge in [0.1, 0.15) is 6.04 Å². The second kappa shape index (κ2) is 5.74. The predicted octanol–water partition coefficient (Wildman–Crippen LogP) is 1.59. The van der Waals surface area contributed by atoms with E-state index in [-0.39, 0.29) is 5.25 Å². The average molecular weight is 189 g/mol. The fraction of sp³-hybridized carbons (Fsp3) is 0.833. The maximum absolute atomic E-state index is 11.0. The first-order valence-corrected chi connectivity index (χ1v) is 4.61. The molecule has 0 aliphatic heterocycles. The third-order valence-electron chi connectivity index (χ3n) is 1.44. The topological polar surface area (TPSA) is 75.1 Å². The Morgan fingerprint density at radius 2 is 2.33 bits per heavy atom. The molecule has 0 saturated heterocycles. The van der Waals surface area contributed by atoms with Crippen LogP contribution in [0.15, 0.2) is 5.11 Å². The van der Waals surface area contributed by atoms with Gasteiger partial charge in [-0.1, -0.05) is 12.0 Å². The number of ether oxygens (including phenoxy) is 1. The Bertz CT molecular complexity index is 203. The lowest BCUT2D eigenvalue weighted by Crippen LogP contribution is -2.28. The Labute approximate surface area is 75.1 Å². The molecule has 0 aromatic rings. The summed E-state index contributed by atoms with van der Waals surface area (Å²) in [5.41, 5.74) is 8.17. The van der Waals surface area contributed by atoms with E-state index in [0.717, 1.165) is 0 Å². The molecule has 0 saturated carbocycles. The number of azide groups is 1. The summed E-state index contributed by atoms with van der Waals surface area (Å²) < 4.78 is 4.47. The fourth-order valence-electron chi connectivity index (χ4n) is 0.638. The number of hydrogen-bond acceptors (Lipinski definition) is 4. The van der Waals surface area contributed by atoms with Crippen LogP contribution in [-0.2, 0) is 9.53 Å². The van der Waals surface area contributed by atoms with Gasteiger partial charge in [0.25, 0.3) is 0 Å². The largest absolute Gasteiger partial charge is 0.469 e. The lowest BCUT2D eigenvalue weighted by Gasteiger charge is -2.13. The van der Waals surface area contributed by atoms with Crippen molar-refractivity contribution < 1.29 is 9.53 Å². The first kappa shape index (κ1) is 11.1. The summed E-state index contributed by atoms with van der Waals surface area (Å²) in [5.74, 6) is -0.491. The smallest absolute Gasteiger partial charge is 0.315 e. The number of hydrogen-bond donors (Lipinski definition) is 0. The number of thioether (sulfide) groups is 1. The van der Waals surface area contributed by atoms with Crippen LogP contribution in [0.4, 0.5) is 0 Å². The van der Waals surface area contributed by atoms with E-state index in [1.54, 1.807) is 6.92 Å². The Morgan fingerprint density at radius 1 is 1.75 bits per heavy atom. The Morgan fingerprint density at radius 3 is 2.67 bits per heavy atom. The zero-order valence-electron chi connectivity index (χ0n) is 7.22. The van der Waals surface area contributed by atoms with Crippen molar-refractivity contribution in [3.63, 3.8) is 0 Å². The van der Waals surface area contributed by atoms with Gasteiger partial charge >= 0.3 is 5.97 Å². The van der Waals surface area contributed by atoms with Gasteiger partial charge in [-0.25, -0.2) is 0 Å². The molecule has 0 radical (unpaired) electrons. The van der Waals surface area contributed by atoms with Gasteiger partial charge in [0, 0.05) is 10.2 Å². The SMILES string of the molecule is COC(=O)C(N=[N+]=[N-])C(C)SC. The van der Waals surface area contributed by atoms with E-state index < -0.39 is 12.0 Å². The van der Waals surface area contributed by atoms with Crippen molar-refractivity contribution in [2.75, 3.05) is 13.4 Å². The molecule has 0 aromatic carbocycles. The predicted molar refractivity (Wildman–Crippen MR) is 47.9 cm³/mol.